The van der Waals surface area contributed by atoms with Crippen LogP contribution in [0.4, 0.5) is 0 Å². The van der Waals surface area contributed by atoms with Crippen molar-refractivity contribution in [2.75, 3.05) is 7.11 Å². The van der Waals surface area contributed by atoms with Crippen molar-refractivity contribution in [2.45, 2.75) is 6.61 Å². The molecule has 0 amide bonds. The average molecular weight is 362 g/mol. The van der Waals surface area contributed by atoms with E-state index in [-0.39, 0.29) is 0 Å². The molecule has 0 unspecified atom stereocenters. The Kier molecular flexibility index (Phi) is 4.97. The van der Waals surface area contributed by atoms with E-state index in [1.807, 2.05) is 24.3 Å². The highest BCUT2D eigenvalue weighted by molar-refractivity contribution is 9.10. The van der Waals surface area contributed by atoms with Crippen molar-refractivity contribution in [1.82, 2.24) is 0 Å². The predicted octanol–water partition coefficient (Wildman–Crippen LogP) is 5.34. The monoisotopic (exact) mass is 360 g/mol. The summed E-state index contributed by atoms with van der Waals surface area (Å²) in [6.07, 6.45) is 0. The smallest absolute Gasteiger partial charge is 0.134 e. The lowest BCUT2D eigenvalue weighted by atomic mass is 10.2. The normalized spacial score (nSPS) is 10.3. The van der Waals surface area contributed by atoms with Gasteiger partial charge in [-0.25, -0.2) is 0 Å². The zero-order valence-corrected chi connectivity index (χ0v) is 13.2. The zero-order valence-electron chi connectivity index (χ0n) is 10.1. The molecule has 0 fully saturated rings. The summed E-state index contributed by atoms with van der Waals surface area (Å²) in [6.45, 7) is 0.376. The van der Waals surface area contributed by atoms with Crippen LogP contribution in [-0.4, -0.2) is 7.11 Å². The lowest BCUT2D eigenvalue weighted by molar-refractivity contribution is 0.303. The molecule has 0 N–H and O–H groups in total. The molecular weight excluding hydrogens is 351 g/mol. The maximum atomic E-state index is 6.09. The second-order valence-electron chi connectivity index (χ2n) is 3.82. The molecule has 2 aromatic rings. The van der Waals surface area contributed by atoms with Gasteiger partial charge in [0.05, 0.1) is 11.6 Å². The number of rotatable bonds is 4. The van der Waals surface area contributed by atoms with Crippen molar-refractivity contribution in [3.05, 3.63) is 56.5 Å². The molecule has 0 saturated heterocycles. The third-order valence-corrected chi connectivity index (χ3v) is 3.74. The van der Waals surface area contributed by atoms with Gasteiger partial charge in [0.1, 0.15) is 18.1 Å². The molecule has 0 aliphatic rings. The predicted molar refractivity (Wildman–Crippen MR) is 81.5 cm³/mol. The molecule has 100 valence electrons. The summed E-state index contributed by atoms with van der Waals surface area (Å²) in [5.74, 6) is 1.50. The number of ether oxygens (including phenoxy) is 2. The Labute approximate surface area is 130 Å². The Hall–Kier alpha value is -0.900. The topological polar surface area (TPSA) is 18.5 Å². The van der Waals surface area contributed by atoms with Crippen molar-refractivity contribution < 1.29 is 9.47 Å². The van der Waals surface area contributed by atoms with Gasteiger partial charge in [-0.2, -0.15) is 0 Å². The number of hydrogen-bond acceptors (Lipinski definition) is 2. The largest absolute Gasteiger partial charge is 0.497 e. The van der Waals surface area contributed by atoms with Crippen molar-refractivity contribution in [3.63, 3.8) is 0 Å². The fourth-order valence-electron chi connectivity index (χ4n) is 1.52. The van der Waals surface area contributed by atoms with Crippen molar-refractivity contribution in [3.8, 4) is 11.5 Å². The summed E-state index contributed by atoms with van der Waals surface area (Å²) < 4.78 is 11.7. The van der Waals surface area contributed by atoms with E-state index in [9.17, 15) is 0 Å². The highest BCUT2D eigenvalue weighted by atomic mass is 79.9. The van der Waals surface area contributed by atoms with Crippen LogP contribution in [0.2, 0.25) is 10.0 Å². The summed E-state index contributed by atoms with van der Waals surface area (Å²) in [4.78, 5) is 0. The second-order valence-corrected chi connectivity index (χ2v) is 5.52. The van der Waals surface area contributed by atoms with Gasteiger partial charge in [-0.1, -0.05) is 29.3 Å². The number of methoxy groups -OCH3 is 1. The summed E-state index contributed by atoms with van der Waals surface area (Å²) >= 11 is 15.4. The zero-order chi connectivity index (χ0) is 13.8. The van der Waals surface area contributed by atoms with Gasteiger partial charge >= 0.3 is 0 Å². The van der Waals surface area contributed by atoms with Gasteiger partial charge in [-0.15, -0.1) is 0 Å². The molecule has 2 aromatic carbocycles. The quantitative estimate of drug-likeness (QED) is 0.731. The van der Waals surface area contributed by atoms with E-state index in [4.69, 9.17) is 32.7 Å². The molecule has 0 radical (unpaired) electrons. The molecule has 0 aliphatic carbocycles. The van der Waals surface area contributed by atoms with Gasteiger partial charge < -0.3 is 9.47 Å². The van der Waals surface area contributed by atoms with Gasteiger partial charge in [0.2, 0.25) is 0 Å². The van der Waals surface area contributed by atoms with Crippen LogP contribution < -0.4 is 9.47 Å². The molecule has 0 aliphatic heterocycles. The first-order valence-corrected chi connectivity index (χ1v) is 7.05. The Morgan fingerprint density at radius 2 is 1.89 bits per heavy atom. The number of hydrogen-bond donors (Lipinski definition) is 0. The van der Waals surface area contributed by atoms with E-state index < -0.39 is 0 Å². The molecule has 0 aromatic heterocycles. The summed E-state index contributed by atoms with van der Waals surface area (Å²) in [5.41, 5.74) is 0.883. The highest BCUT2D eigenvalue weighted by Gasteiger charge is 2.06. The van der Waals surface area contributed by atoms with E-state index >= 15 is 0 Å². The Bertz CT molecular complexity index is 588. The van der Waals surface area contributed by atoms with E-state index in [1.54, 1.807) is 19.2 Å². The van der Waals surface area contributed by atoms with E-state index in [0.717, 1.165) is 21.5 Å². The van der Waals surface area contributed by atoms with Crippen LogP contribution in [-0.2, 0) is 6.61 Å². The van der Waals surface area contributed by atoms with Gasteiger partial charge in [0.15, 0.2) is 0 Å². The Balaban J connectivity index is 2.10. The van der Waals surface area contributed by atoms with Crippen molar-refractivity contribution in [2.24, 2.45) is 0 Å². The molecule has 5 heteroatoms. The van der Waals surface area contributed by atoms with Gasteiger partial charge in [-0.3, -0.25) is 0 Å². The molecule has 0 heterocycles. The molecule has 0 spiro atoms. The molecule has 2 rings (SSSR count). The number of benzene rings is 2. The summed E-state index contributed by atoms with van der Waals surface area (Å²) in [6, 6.07) is 10.9. The number of halogens is 3. The molecule has 0 atom stereocenters. The lowest BCUT2D eigenvalue weighted by Gasteiger charge is -2.10. The minimum atomic E-state index is 0.376. The van der Waals surface area contributed by atoms with Crippen LogP contribution in [0.25, 0.3) is 0 Å². The van der Waals surface area contributed by atoms with E-state index in [2.05, 4.69) is 15.9 Å². The van der Waals surface area contributed by atoms with E-state index in [0.29, 0.717) is 16.7 Å². The first-order valence-electron chi connectivity index (χ1n) is 5.50. The summed E-state index contributed by atoms with van der Waals surface area (Å²) in [5, 5.41) is 1.21. The first kappa shape index (κ1) is 14.5. The fourth-order valence-corrected chi connectivity index (χ4v) is 2.46. The van der Waals surface area contributed by atoms with Crippen LogP contribution >= 0.6 is 39.1 Å². The van der Waals surface area contributed by atoms with Gasteiger partial charge in [-0.05, 0) is 46.3 Å². The highest BCUT2D eigenvalue weighted by Crippen LogP contribution is 2.30. The van der Waals surface area contributed by atoms with Crippen molar-refractivity contribution >= 4 is 39.1 Å². The SMILES string of the molecule is COc1ccc(OCc2ccc(Cl)cc2Cl)c(Br)c1. The molecule has 2 nitrogen and oxygen atoms in total. The third-order valence-electron chi connectivity index (χ3n) is 2.54. The van der Waals surface area contributed by atoms with E-state index in [1.165, 1.54) is 0 Å². The molecular formula is C14H11BrCl2O2. The van der Waals surface area contributed by atoms with Gasteiger partial charge in [0, 0.05) is 15.6 Å². The van der Waals surface area contributed by atoms with Crippen LogP contribution in [0.5, 0.6) is 11.5 Å². The molecule has 0 saturated carbocycles. The third kappa shape index (κ3) is 3.78. The maximum Gasteiger partial charge on any atom is 0.134 e. The van der Waals surface area contributed by atoms with Gasteiger partial charge in [0.25, 0.3) is 0 Å². The summed E-state index contributed by atoms with van der Waals surface area (Å²) in [7, 11) is 1.62. The molecule has 19 heavy (non-hydrogen) atoms. The minimum Gasteiger partial charge on any atom is -0.497 e. The van der Waals surface area contributed by atoms with Crippen LogP contribution in [0.1, 0.15) is 5.56 Å². The fraction of sp³-hybridized carbons (Fsp3) is 0.143. The van der Waals surface area contributed by atoms with Crippen LogP contribution in [0.15, 0.2) is 40.9 Å². The minimum absolute atomic E-state index is 0.376. The van der Waals surface area contributed by atoms with Crippen LogP contribution in [0.3, 0.4) is 0 Å². The maximum absolute atomic E-state index is 6.09. The Morgan fingerprint density at radius 1 is 1.11 bits per heavy atom. The second kappa shape index (κ2) is 6.51. The lowest BCUT2D eigenvalue weighted by Crippen LogP contribution is -1.97. The standard InChI is InChI=1S/C14H11BrCl2O2/c1-18-11-4-5-14(12(15)7-11)19-8-9-2-3-10(16)6-13(9)17/h2-7H,8H2,1H3. The van der Waals surface area contributed by atoms with Crippen LogP contribution in [0, 0.1) is 0 Å². The first-order chi connectivity index (χ1) is 9.10. The average Bonchev–Trinajstić information content (AvgIpc) is 2.39. The molecule has 0 bridgehead atoms. The Morgan fingerprint density at radius 3 is 2.53 bits per heavy atom. The van der Waals surface area contributed by atoms with Crippen molar-refractivity contribution in [1.29, 1.82) is 0 Å².